The number of thiophene rings is 1. The van der Waals surface area contributed by atoms with Crippen molar-refractivity contribution in [2.24, 2.45) is 0 Å². The Morgan fingerprint density at radius 3 is 3.00 bits per heavy atom. The largest absolute Gasteiger partial charge is 0.361 e. The molecule has 0 spiro atoms. The summed E-state index contributed by atoms with van der Waals surface area (Å²) in [6.07, 6.45) is 3.89. The molecule has 3 nitrogen and oxygen atoms in total. The minimum absolute atomic E-state index is 0.0212. The number of aromatic amines is 1. The van der Waals surface area contributed by atoms with Crippen molar-refractivity contribution >= 4 is 44.8 Å². The third-order valence-electron chi connectivity index (χ3n) is 3.35. The highest BCUT2D eigenvalue weighted by Gasteiger charge is 2.25. The lowest BCUT2D eigenvalue weighted by Crippen LogP contribution is -2.03. The summed E-state index contributed by atoms with van der Waals surface area (Å²) in [7, 11) is 0. The molecule has 0 bridgehead atoms. The molecule has 0 saturated heterocycles. The summed E-state index contributed by atoms with van der Waals surface area (Å²) in [4.78, 5) is 15.2. The van der Waals surface area contributed by atoms with Gasteiger partial charge in [0.15, 0.2) is 0 Å². The van der Waals surface area contributed by atoms with Crippen LogP contribution in [0.4, 0.5) is 5.00 Å². The van der Waals surface area contributed by atoms with Crippen LogP contribution in [-0.4, -0.2) is 10.9 Å². The Morgan fingerprint density at radius 1 is 1.16 bits per heavy atom. The van der Waals surface area contributed by atoms with Crippen LogP contribution in [0.25, 0.3) is 22.6 Å². The first-order chi connectivity index (χ1) is 9.33. The van der Waals surface area contributed by atoms with Crippen LogP contribution in [0.15, 0.2) is 41.9 Å². The number of amides is 1. The van der Waals surface area contributed by atoms with Crippen LogP contribution in [0.5, 0.6) is 0 Å². The van der Waals surface area contributed by atoms with E-state index in [1.807, 2.05) is 41.9 Å². The summed E-state index contributed by atoms with van der Waals surface area (Å²) >= 11 is 1.56. The van der Waals surface area contributed by atoms with E-state index in [-0.39, 0.29) is 5.91 Å². The maximum Gasteiger partial charge on any atom is 0.257 e. The van der Waals surface area contributed by atoms with Crippen LogP contribution in [0.2, 0.25) is 0 Å². The molecule has 19 heavy (non-hydrogen) atoms. The maximum absolute atomic E-state index is 12.0. The molecular weight excluding hydrogens is 256 g/mol. The molecule has 0 aliphatic carbocycles. The number of hydrogen-bond acceptors (Lipinski definition) is 2. The highest BCUT2D eigenvalue weighted by molar-refractivity contribution is 7.15. The zero-order valence-electron chi connectivity index (χ0n) is 9.94. The molecule has 1 amide bonds. The van der Waals surface area contributed by atoms with Crippen molar-refractivity contribution in [1.29, 1.82) is 0 Å². The lowest BCUT2D eigenvalue weighted by Gasteiger charge is -1.95. The average Bonchev–Trinajstić information content (AvgIpc) is 3.08. The van der Waals surface area contributed by atoms with Gasteiger partial charge < -0.3 is 10.3 Å². The van der Waals surface area contributed by atoms with Gasteiger partial charge in [-0.05, 0) is 23.6 Å². The van der Waals surface area contributed by atoms with Crippen molar-refractivity contribution in [3.05, 3.63) is 53.0 Å². The molecule has 3 aromatic rings. The monoisotopic (exact) mass is 266 g/mol. The molecule has 4 rings (SSSR count). The van der Waals surface area contributed by atoms with Gasteiger partial charge in [0.25, 0.3) is 5.91 Å². The fourth-order valence-corrected chi connectivity index (χ4v) is 3.22. The smallest absolute Gasteiger partial charge is 0.257 e. The molecular formula is C15H10N2OS. The van der Waals surface area contributed by atoms with Gasteiger partial charge in [0, 0.05) is 28.2 Å². The summed E-state index contributed by atoms with van der Waals surface area (Å²) in [5.41, 5.74) is 3.86. The number of benzene rings is 1. The first-order valence-electron chi connectivity index (χ1n) is 6.00. The number of aromatic nitrogens is 1. The van der Waals surface area contributed by atoms with Gasteiger partial charge in [-0.3, -0.25) is 4.79 Å². The molecule has 1 aliphatic rings. The second-order valence-corrected chi connectivity index (χ2v) is 5.38. The first-order valence-corrected chi connectivity index (χ1v) is 6.88. The Labute approximate surface area is 113 Å². The number of carbonyl (C=O) groups excluding carboxylic acids is 1. The van der Waals surface area contributed by atoms with Crippen LogP contribution in [0.1, 0.15) is 11.1 Å². The van der Waals surface area contributed by atoms with E-state index in [9.17, 15) is 4.79 Å². The molecule has 0 saturated carbocycles. The fourth-order valence-electron chi connectivity index (χ4n) is 2.42. The van der Waals surface area contributed by atoms with E-state index in [1.165, 1.54) is 0 Å². The van der Waals surface area contributed by atoms with Gasteiger partial charge in [0.1, 0.15) is 5.00 Å². The number of fused-ring (bicyclic) bond motifs is 2. The number of carbonyl (C=O) groups is 1. The predicted molar refractivity (Wildman–Crippen MR) is 79.1 cm³/mol. The number of anilines is 1. The van der Waals surface area contributed by atoms with Gasteiger partial charge in [-0.2, -0.15) is 0 Å². The van der Waals surface area contributed by atoms with E-state index >= 15 is 0 Å². The zero-order valence-corrected chi connectivity index (χ0v) is 10.8. The molecule has 1 aliphatic heterocycles. The third-order valence-corrected chi connectivity index (χ3v) is 4.18. The Bertz CT molecular complexity index is 825. The van der Waals surface area contributed by atoms with Gasteiger partial charge in [-0.15, -0.1) is 11.3 Å². The van der Waals surface area contributed by atoms with Crippen molar-refractivity contribution in [2.75, 3.05) is 5.32 Å². The number of nitrogens with one attached hydrogen (secondary N) is 2. The van der Waals surface area contributed by atoms with Crippen molar-refractivity contribution in [3.63, 3.8) is 0 Å². The van der Waals surface area contributed by atoms with Crippen LogP contribution < -0.4 is 5.32 Å². The molecule has 0 atom stereocenters. The lowest BCUT2D eigenvalue weighted by atomic mass is 10.1. The molecule has 2 N–H and O–H groups in total. The van der Waals surface area contributed by atoms with Gasteiger partial charge in [0.2, 0.25) is 0 Å². The van der Waals surface area contributed by atoms with E-state index in [0.29, 0.717) is 0 Å². The second-order valence-electron chi connectivity index (χ2n) is 4.47. The molecule has 92 valence electrons. The summed E-state index contributed by atoms with van der Waals surface area (Å²) < 4.78 is 0. The normalized spacial score (nSPS) is 16.0. The third kappa shape index (κ3) is 1.54. The predicted octanol–water partition coefficient (Wildman–Crippen LogP) is 3.72. The molecule has 0 fully saturated rings. The highest BCUT2D eigenvalue weighted by atomic mass is 32.1. The van der Waals surface area contributed by atoms with Crippen LogP contribution in [0.3, 0.4) is 0 Å². The summed E-state index contributed by atoms with van der Waals surface area (Å²) in [5.74, 6) is -0.0212. The highest BCUT2D eigenvalue weighted by Crippen LogP contribution is 2.37. The molecule has 1 aromatic carbocycles. The van der Waals surface area contributed by atoms with Crippen molar-refractivity contribution < 1.29 is 4.79 Å². The van der Waals surface area contributed by atoms with Crippen molar-refractivity contribution in [2.45, 2.75) is 0 Å². The van der Waals surface area contributed by atoms with Gasteiger partial charge in [0.05, 0.1) is 5.57 Å². The fraction of sp³-hybridized carbons (Fsp3) is 0. The van der Waals surface area contributed by atoms with E-state index < -0.39 is 0 Å². The quantitative estimate of drug-likeness (QED) is 0.648. The number of H-pyrrole nitrogens is 1. The standard InChI is InChI=1S/C15H10N2OS/c18-14-12(11-5-6-19-15(11)17-14)7-9-8-16-13-4-2-1-3-10(9)13/h1-8,16H,(H,17,18). The number of para-hydroxylation sites is 1. The Kier molecular flexibility index (Phi) is 2.13. The topological polar surface area (TPSA) is 44.9 Å². The summed E-state index contributed by atoms with van der Waals surface area (Å²) in [6.45, 7) is 0. The van der Waals surface area contributed by atoms with Gasteiger partial charge >= 0.3 is 0 Å². The SMILES string of the molecule is O=C1Nc2sccc2C1=Cc1c[nH]c2ccccc12. The van der Waals surface area contributed by atoms with Crippen LogP contribution in [-0.2, 0) is 4.79 Å². The summed E-state index contributed by atoms with van der Waals surface area (Å²) in [5, 5.41) is 6.95. The first kappa shape index (κ1) is 10.6. The second kappa shape index (κ2) is 3.83. The van der Waals surface area contributed by atoms with E-state index in [2.05, 4.69) is 16.4 Å². The van der Waals surface area contributed by atoms with Crippen LogP contribution in [0, 0.1) is 0 Å². The maximum atomic E-state index is 12.0. The van der Waals surface area contributed by atoms with E-state index in [1.54, 1.807) is 11.3 Å². The Balaban J connectivity index is 1.91. The van der Waals surface area contributed by atoms with Crippen LogP contribution >= 0.6 is 11.3 Å². The average molecular weight is 266 g/mol. The minimum atomic E-state index is -0.0212. The van der Waals surface area contributed by atoms with Crippen molar-refractivity contribution in [3.8, 4) is 0 Å². The van der Waals surface area contributed by atoms with E-state index in [0.717, 1.165) is 32.6 Å². The Hall–Kier alpha value is -2.33. The molecule has 3 heterocycles. The number of rotatable bonds is 1. The number of hydrogen-bond donors (Lipinski definition) is 2. The molecule has 0 radical (unpaired) electrons. The molecule has 4 heteroatoms. The van der Waals surface area contributed by atoms with Gasteiger partial charge in [-0.25, -0.2) is 0 Å². The zero-order chi connectivity index (χ0) is 12.8. The van der Waals surface area contributed by atoms with E-state index in [4.69, 9.17) is 0 Å². The van der Waals surface area contributed by atoms with Crippen molar-refractivity contribution in [1.82, 2.24) is 4.98 Å². The lowest BCUT2D eigenvalue weighted by molar-refractivity contribution is -0.110. The molecule has 2 aromatic heterocycles. The summed E-state index contributed by atoms with van der Waals surface area (Å²) in [6, 6.07) is 10.1. The Morgan fingerprint density at radius 2 is 2.05 bits per heavy atom. The van der Waals surface area contributed by atoms with Gasteiger partial charge in [-0.1, -0.05) is 18.2 Å². The minimum Gasteiger partial charge on any atom is -0.361 e. The molecule has 0 unspecified atom stereocenters.